The first-order chi connectivity index (χ1) is 24.2. The number of halogens is 1. The fraction of sp³-hybridized carbons (Fsp3) is 0.200. The fourth-order valence-corrected chi connectivity index (χ4v) is 7.01. The molecule has 0 saturated heterocycles. The normalized spacial score (nSPS) is 11.7. The average Bonchev–Trinajstić information content (AvgIpc) is 3.13. The van der Waals surface area contributed by atoms with Crippen molar-refractivity contribution < 1.29 is 22.7 Å². The molecule has 0 aromatic heterocycles. The number of ether oxygens (including phenoxy) is 1. The fourth-order valence-electron chi connectivity index (χ4n) is 5.40. The summed E-state index contributed by atoms with van der Waals surface area (Å²) in [5.41, 5.74) is 2.62. The summed E-state index contributed by atoms with van der Waals surface area (Å²) in [5, 5.41) is 3.38. The lowest BCUT2D eigenvalue weighted by Crippen LogP contribution is -2.53. The number of nitrogens with zero attached hydrogens (tertiary/aromatic N) is 2. The van der Waals surface area contributed by atoms with Crippen LogP contribution in [0, 0.1) is 6.92 Å². The van der Waals surface area contributed by atoms with E-state index in [1.165, 1.54) is 17.0 Å². The van der Waals surface area contributed by atoms with E-state index in [2.05, 4.69) is 5.32 Å². The number of para-hydroxylation sites is 1. The first kappa shape index (κ1) is 36.2. The molecule has 0 radical (unpaired) electrons. The summed E-state index contributed by atoms with van der Waals surface area (Å²) in [6, 6.07) is 37.8. The largest absolute Gasteiger partial charge is 0.457 e. The van der Waals surface area contributed by atoms with Crippen LogP contribution in [0.3, 0.4) is 0 Å². The molecule has 0 bridgehead atoms. The molecule has 0 saturated carbocycles. The maximum atomic E-state index is 14.7. The number of anilines is 1. The molecule has 5 aromatic carbocycles. The highest BCUT2D eigenvalue weighted by Gasteiger charge is 2.35. The molecule has 0 aliphatic heterocycles. The zero-order valence-corrected chi connectivity index (χ0v) is 29.6. The first-order valence-corrected chi connectivity index (χ1v) is 18.2. The second-order valence-corrected chi connectivity index (χ2v) is 14.1. The van der Waals surface area contributed by atoms with Gasteiger partial charge in [-0.2, -0.15) is 0 Å². The van der Waals surface area contributed by atoms with Gasteiger partial charge in [0.2, 0.25) is 11.8 Å². The Morgan fingerprint density at radius 2 is 1.38 bits per heavy atom. The third kappa shape index (κ3) is 9.31. The Balaban J connectivity index is 1.56. The van der Waals surface area contributed by atoms with Gasteiger partial charge in [-0.25, -0.2) is 8.42 Å². The number of carbonyl (C=O) groups is 2. The molecule has 0 spiro atoms. The molecule has 50 heavy (non-hydrogen) atoms. The van der Waals surface area contributed by atoms with Crippen molar-refractivity contribution in [3.63, 3.8) is 0 Å². The summed E-state index contributed by atoms with van der Waals surface area (Å²) in [5.74, 6) is 0.208. The number of sulfonamides is 1. The van der Waals surface area contributed by atoms with Crippen LogP contribution < -0.4 is 14.4 Å². The van der Waals surface area contributed by atoms with Gasteiger partial charge in [-0.05, 0) is 79.1 Å². The Morgan fingerprint density at radius 3 is 2.02 bits per heavy atom. The van der Waals surface area contributed by atoms with Crippen molar-refractivity contribution in [1.82, 2.24) is 10.2 Å². The molecule has 5 aromatic rings. The van der Waals surface area contributed by atoms with E-state index < -0.39 is 28.5 Å². The molecule has 0 aliphatic rings. The highest BCUT2D eigenvalue weighted by molar-refractivity contribution is 7.92. The van der Waals surface area contributed by atoms with Crippen LogP contribution in [0.15, 0.2) is 138 Å². The van der Waals surface area contributed by atoms with Gasteiger partial charge in [0.1, 0.15) is 24.1 Å². The Hall–Kier alpha value is -5.12. The second-order valence-electron chi connectivity index (χ2n) is 11.8. The number of amides is 2. The predicted molar refractivity (Wildman–Crippen MR) is 198 cm³/mol. The molecular formula is C40H40ClN3O5S. The summed E-state index contributed by atoms with van der Waals surface area (Å²) in [4.78, 5) is 30.0. The van der Waals surface area contributed by atoms with E-state index >= 15 is 0 Å². The lowest BCUT2D eigenvalue weighted by atomic mass is 10.0. The Morgan fingerprint density at radius 1 is 0.780 bits per heavy atom. The molecule has 258 valence electrons. The number of rotatable bonds is 15. The maximum Gasteiger partial charge on any atom is 0.264 e. The number of carbonyl (C=O) groups excluding carboxylic acids is 2. The van der Waals surface area contributed by atoms with Gasteiger partial charge in [-0.15, -0.1) is 0 Å². The van der Waals surface area contributed by atoms with Gasteiger partial charge in [0.15, 0.2) is 0 Å². The van der Waals surface area contributed by atoms with Crippen LogP contribution in [0.1, 0.15) is 30.0 Å². The monoisotopic (exact) mass is 709 g/mol. The van der Waals surface area contributed by atoms with Crippen LogP contribution in [0.5, 0.6) is 11.5 Å². The minimum Gasteiger partial charge on any atom is -0.457 e. The predicted octanol–water partition coefficient (Wildman–Crippen LogP) is 7.80. The zero-order valence-electron chi connectivity index (χ0n) is 28.0. The minimum atomic E-state index is -4.25. The summed E-state index contributed by atoms with van der Waals surface area (Å²) in [6.45, 7) is 3.64. The van der Waals surface area contributed by atoms with Gasteiger partial charge in [-0.3, -0.25) is 13.9 Å². The molecule has 1 atom stereocenters. The molecule has 8 nitrogen and oxygen atoms in total. The van der Waals surface area contributed by atoms with Crippen molar-refractivity contribution in [2.45, 2.75) is 44.2 Å². The Kier molecular flexibility index (Phi) is 12.3. The summed E-state index contributed by atoms with van der Waals surface area (Å²) >= 11 is 6.58. The number of hydrogen-bond acceptors (Lipinski definition) is 5. The van der Waals surface area contributed by atoms with Crippen molar-refractivity contribution in [2.75, 3.05) is 17.4 Å². The molecular weight excluding hydrogens is 670 g/mol. The van der Waals surface area contributed by atoms with Gasteiger partial charge in [-0.1, -0.05) is 103 Å². The van der Waals surface area contributed by atoms with Crippen LogP contribution >= 0.6 is 11.6 Å². The van der Waals surface area contributed by atoms with Crippen LogP contribution in [0.4, 0.5) is 5.69 Å². The standard InChI is InChI=1S/C40H40ClN3O5S/c1-3-26-42-40(46)38(27-31-12-6-4-7-13-31)43(28-32-14-10-11-17-37(32)41)39(45)29-44(50(47,48)36-24-18-30(2)19-25-36)33-20-22-35(23-21-33)49-34-15-8-5-9-16-34/h4-25,38H,3,26-29H2,1-2H3,(H,42,46)/t38-/m1/s1. The summed E-state index contributed by atoms with van der Waals surface area (Å²) in [7, 11) is -4.25. The van der Waals surface area contributed by atoms with Crippen molar-refractivity contribution in [3.05, 3.63) is 155 Å². The van der Waals surface area contributed by atoms with E-state index in [1.54, 1.807) is 60.7 Å². The number of benzene rings is 5. The average molecular weight is 710 g/mol. The van der Waals surface area contributed by atoms with E-state index in [0.717, 1.165) is 15.4 Å². The van der Waals surface area contributed by atoms with Gasteiger partial charge in [0.25, 0.3) is 10.0 Å². The van der Waals surface area contributed by atoms with Crippen molar-refractivity contribution >= 4 is 39.1 Å². The van der Waals surface area contributed by atoms with Crippen LogP contribution in [0.25, 0.3) is 0 Å². The van der Waals surface area contributed by atoms with Gasteiger partial charge >= 0.3 is 0 Å². The van der Waals surface area contributed by atoms with E-state index in [9.17, 15) is 18.0 Å². The van der Waals surface area contributed by atoms with E-state index in [4.69, 9.17) is 16.3 Å². The second kappa shape index (κ2) is 17.0. The van der Waals surface area contributed by atoms with Crippen LogP contribution in [-0.2, 0) is 32.6 Å². The maximum absolute atomic E-state index is 14.7. The molecule has 0 fully saturated rings. The SMILES string of the molecule is CCCNC(=O)[C@@H](Cc1ccccc1)N(Cc1ccccc1Cl)C(=O)CN(c1ccc(Oc2ccccc2)cc1)S(=O)(=O)c1ccc(C)cc1. The van der Waals surface area contributed by atoms with Gasteiger partial charge < -0.3 is 15.0 Å². The third-order valence-corrected chi connectivity index (χ3v) is 10.3. The van der Waals surface area contributed by atoms with Crippen LogP contribution in [0.2, 0.25) is 5.02 Å². The minimum absolute atomic E-state index is 0.0160. The zero-order chi connectivity index (χ0) is 35.5. The first-order valence-electron chi connectivity index (χ1n) is 16.4. The van der Waals surface area contributed by atoms with Crippen LogP contribution in [-0.4, -0.2) is 44.3 Å². The highest BCUT2D eigenvalue weighted by Crippen LogP contribution is 2.29. The Bertz CT molecular complexity index is 1970. The lowest BCUT2D eigenvalue weighted by molar-refractivity contribution is -0.140. The summed E-state index contributed by atoms with van der Waals surface area (Å²) in [6.07, 6.45) is 0.914. The molecule has 1 N–H and O–H groups in total. The number of nitrogens with one attached hydrogen (secondary N) is 1. The topological polar surface area (TPSA) is 96.0 Å². The molecule has 2 amide bonds. The highest BCUT2D eigenvalue weighted by atomic mass is 35.5. The smallest absolute Gasteiger partial charge is 0.264 e. The van der Waals surface area contributed by atoms with E-state index in [-0.39, 0.29) is 29.5 Å². The Labute approximate surface area is 299 Å². The number of hydrogen-bond donors (Lipinski definition) is 1. The van der Waals surface area contributed by atoms with Crippen molar-refractivity contribution in [1.29, 1.82) is 0 Å². The molecule has 0 unspecified atom stereocenters. The molecule has 0 heterocycles. The number of aryl methyl sites for hydroxylation is 1. The quantitative estimate of drug-likeness (QED) is 0.120. The third-order valence-electron chi connectivity index (χ3n) is 8.11. The van der Waals surface area contributed by atoms with Crippen molar-refractivity contribution in [2.24, 2.45) is 0 Å². The summed E-state index contributed by atoms with van der Waals surface area (Å²) < 4.78 is 35.7. The molecule has 0 aliphatic carbocycles. The molecule has 5 rings (SSSR count). The van der Waals surface area contributed by atoms with Crippen molar-refractivity contribution in [3.8, 4) is 11.5 Å². The van der Waals surface area contributed by atoms with Gasteiger partial charge in [0.05, 0.1) is 10.6 Å². The lowest BCUT2D eigenvalue weighted by Gasteiger charge is -2.34. The van der Waals surface area contributed by atoms with Gasteiger partial charge in [0, 0.05) is 24.5 Å². The molecule has 10 heteroatoms. The van der Waals surface area contributed by atoms with E-state index in [0.29, 0.717) is 35.1 Å². The van der Waals surface area contributed by atoms with E-state index in [1.807, 2.05) is 74.5 Å².